The van der Waals surface area contributed by atoms with Gasteiger partial charge in [0.05, 0.1) is 12.5 Å². The molecule has 0 saturated carbocycles. The quantitative estimate of drug-likeness (QED) is 0.891. The molecule has 3 rings (SSSR count). The van der Waals surface area contributed by atoms with Gasteiger partial charge in [0.25, 0.3) is 0 Å². The fraction of sp³-hybridized carbons (Fsp3) is 0.643. The minimum atomic E-state index is 0.0434. The SMILES string of the molecule is CCOc1ccnc(N2C[C@@H]3CCC[C@H](C2)C(=O)N3)n1. The van der Waals surface area contributed by atoms with Gasteiger partial charge in [0.15, 0.2) is 0 Å². The van der Waals surface area contributed by atoms with Crippen LogP contribution in [0.2, 0.25) is 0 Å². The second-order valence-electron chi connectivity index (χ2n) is 5.37. The summed E-state index contributed by atoms with van der Waals surface area (Å²) in [4.78, 5) is 22.9. The van der Waals surface area contributed by atoms with Crippen LogP contribution < -0.4 is 15.0 Å². The van der Waals surface area contributed by atoms with Crippen LogP contribution >= 0.6 is 0 Å². The monoisotopic (exact) mass is 276 g/mol. The second-order valence-corrected chi connectivity index (χ2v) is 5.37. The van der Waals surface area contributed by atoms with E-state index < -0.39 is 0 Å². The number of carbonyl (C=O) groups is 1. The predicted octanol–water partition coefficient (Wildman–Crippen LogP) is 0.980. The number of hydrogen-bond donors (Lipinski definition) is 1. The molecule has 1 aromatic rings. The Morgan fingerprint density at radius 3 is 3.20 bits per heavy atom. The lowest BCUT2D eigenvalue weighted by Gasteiger charge is -2.27. The van der Waals surface area contributed by atoms with Crippen LogP contribution in [-0.2, 0) is 4.79 Å². The number of amides is 1. The van der Waals surface area contributed by atoms with E-state index in [9.17, 15) is 4.79 Å². The van der Waals surface area contributed by atoms with Gasteiger partial charge in [0, 0.05) is 31.4 Å². The zero-order valence-electron chi connectivity index (χ0n) is 11.7. The third kappa shape index (κ3) is 2.69. The van der Waals surface area contributed by atoms with Gasteiger partial charge in [0.2, 0.25) is 17.7 Å². The molecule has 2 fully saturated rings. The summed E-state index contributed by atoms with van der Waals surface area (Å²) in [6, 6.07) is 1.96. The van der Waals surface area contributed by atoms with Gasteiger partial charge in [-0.15, -0.1) is 0 Å². The number of nitrogens with one attached hydrogen (secondary N) is 1. The van der Waals surface area contributed by atoms with Crippen molar-refractivity contribution in [2.24, 2.45) is 5.92 Å². The molecular formula is C14H20N4O2. The summed E-state index contributed by atoms with van der Waals surface area (Å²) >= 11 is 0. The zero-order valence-corrected chi connectivity index (χ0v) is 11.7. The van der Waals surface area contributed by atoms with E-state index in [4.69, 9.17) is 4.74 Å². The summed E-state index contributed by atoms with van der Waals surface area (Å²) in [7, 11) is 0. The van der Waals surface area contributed by atoms with E-state index in [1.165, 1.54) is 0 Å². The number of rotatable bonds is 3. The molecule has 2 bridgehead atoms. The van der Waals surface area contributed by atoms with E-state index in [0.717, 1.165) is 25.8 Å². The van der Waals surface area contributed by atoms with Crippen LogP contribution in [0.3, 0.4) is 0 Å². The Labute approximate surface area is 118 Å². The third-order valence-corrected chi connectivity index (χ3v) is 3.90. The van der Waals surface area contributed by atoms with Crippen LogP contribution in [0.5, 0.6) is 5.88 Å². The highest BCUT2D eigenvalue weighted by Crippen LogP contribution is 2.24. The van der Waals surface area contributed by atoms with Crippen LogP contribution in [0.1, 0.15) is 26.2 Å². The van der Waals surface area contributed by atoms with Crippen LogP contribution in [0.4, 0.5) is 5.95 Å². The highest BCUT2D eigenvalue weighted by Gasteiger charge is 2.33. The van der Waals surface area contributed by atoms with Crippen molar-refractivity contribution >= 4 is 11.9 Å². The zero-order chi connectivity index (χ0) is 13.9. The third-order valence-electron chi connectivity index (χ3n) is 3.90. The molecule has 1 N–H and O–H groups in total. The minimum Gasteiger partial charge on any atom is -0.478 e. The largest absolute Gasteiger partial charge is 0.478 e. The molecule has 2 aliphatic rings. The molecule has 6 heteroatoms. The maximum absolute atomic E-state index is 12.0. The average molecular weight is 276 g/mol. The lowest BCUT2D eigenvalue weighted by atomic mass is 9.99. The van der Waals surface area contributed by atoms with Crippen LogP contribution in [0.25, 0.3) is 0 Å². The molecule has 6 nitrogen and oxygen atoms in total. The Morgan fingerprint density at radius 1 is 1.45 bits per heavy atom. The summed E-state index contributed by atoms with van der Waals surface area (Å²) in [6.45, 7) is 3.98. The van der Waals surface area contributed by atoms with E-state index in [-0.39, 0.29) is 17.9 Å². The van der Waals surface area contributed by atoms with Crippen molar-refractivity contribution in [2.45, 2.75) is 32.2 Å². The van der Waals surface area contributed by atoms with E-state index in [2.05, 4.69) is 20.2 Å². The van der Waals surface area contributed by atoms with Gasteiger partial charge in [-0.25, -0.2) is 4.98 Å². The van der Waals surface area contributed by atoms with Gasteiger partial charge >= 0.3 is 0 Å². The first-order chi connectivity index (χ1) is 9.76. The van der Waals surface area contributed by atoms with Crippen molar-refractivity contribution < 1.29 is 9.53 Å². The average Bonchev–Trinajstić information content (AvgIpc) is 2.68. The van der Waals surface area contributed by atoms with Crippen LogP contribution in [-0.4, -0.2) is 41.6 Å². The summed E-state index contributed by atoms with van der Waals surface area (Å²) in [5.41, 5.74) is 0. The summed E-state index contributed by atoms with van der Waals surface area (Å²) in [6.07, 6.45) is 4.80. The van der Waals surface area contributed by atoms with Crippen molar-refractivity contribution in [2.75, 3.05) is 24.6 Å². The molecule has 1 aromatic heterocycles. The number of fused-ring (bicyclic) bond motifs is 3. The maximum Gasteiger partial charge on any atom is 0.228 e. The first-order valence-electron chi connectivity index (χ1n) is 7.27. The fourth-order valence-electron chi connectivity index (χ4n) is 2.93. The summed E-state index contributed by atoms with van der Waals surface area (Å²) < 4.78 is 5.42. The Morgan fingerprint density at radius 2 is 2.35 bits per heavy atom. The van der Waals surface area contributed by atoms with Gasteiger partial charge in [-0.1, -0.05) is 6.42 Å². The van der Waals surface area contributed by atoms with E-state index in [0.29, 0.717) is 25.0 Å². The molecule has 0 radical (unpaired) electrons. The van der Waals surface area contributed by atoms with Gasteiger partial charge in [-0.2, -0.15) is 4.98 Å². The smallest absolute Gasteiger partial charge is 0.228 e. The molecule has 108 valence electrons. The normalized spacial score (nSPS) is 25.9. The highest BCUT2D eigenvalue weighted by atomic mass is 16.5. The van der Waals surface area contributed by atoms with Crippen LogP contribution in [0.15, 0.2) is 12.3 Å². The molecule has 2 aliphatic heterocycles. The van der Waals surface area contributed by atoms with Crippen molar-refractivity contribution in [3.63, 3.8) is 0 Å². The second kappa shape index (κ2) is 5.64. The maximum atomic E-state index is 12.0. The van der Waals surface area contributed by atoms with E-state index in [1.807, 2.05) is 6.92 Å². The molecule has 3 heterocycles. The Hall–Kier alpha value is -1.85. The molecule has 0 aliphatic carbocycles. The first-order valence-corrected chi connectivity index (χ1v) is 7.27. The minimum absolute atomic E-state index is 0.0434. The lowest BCUT2D eigenvalue weighted by molar-refractivity contribution is -0.124. The number of ether oxygens (including phenoxy) is 1. The van der Waals surface area contributed by atoms with Crippen molar-refractivity contribution in [1.82, 2.24) is 15.3 Å². The van der Waals surface area contributed by atoms with Crippen molar-refractivity contribution in [3.8, 4) is 5.88 Å². The molecule has 2 atom stereocenters. The number of aromatic nitrogens is 2. The van der Waals surface area contributed by atoms with Crippen LogP contribution in [0, 0.1) is 5.92 Å². The molecule has 2 saturated heterocycles. The molecule has 0 aromatic carbocycles. The standard InChI is InChI=1S/C14H20N4O2/c1-2-20-12-6-7-15-14(17-12)18-8-10-4-3-5-11(9-18)16-13(10)19/h6-7,10-11H,2-5,8-9H2,1H3,(H,16,19)/t10-,11+/m1/s1. The topological polar surface area (TPSA) is 67.3 Å². The van der Waals surface area contributed by atoms with Crippen molar-refractivity contribution in [1.29, 1.82) is 0 Å². The highest BCUT2D eigenvalue weighted by molar-refractivity contribution is 5.80. The number of anilines is 1. The van der Waals surface area contributed by atoms with Gasteiger partial charge < -0.3 is 15.0 Å². The summed E-state index contributed by atoms with van der Waals surface area (Å²) in [5, 5.41) is 3.11. The van der Waals surface area contributed by atoms with E-state index in [1.54, 1.807) is 12.3 Å². The fourth-order valence-corrected chi connectivity index (χ4v) is 2.93. The molecule has 20 heavy (non-hydrogen) atoms. The Kier molecular flexibility index (Phi) is 3.71. The first kappa shape index (κ1) is 13.1. The Balaban J connectivity index is 1.83. The Bertz CT molecular complexity index is 494. The lowest BCUT2D eigenvalue weighted by Crippen LogP contribution is -2.39. The molecular weight excluding hydrogens is 256 g/mol. The molecule has 0 unspecified atom stereocenters. The summed E-state index contributed by atoms with van der Waals surface area (Å²) in [5.74, 6) is 1.47. The number of nitrogens with zero attached hydrogens (tertiary/aromatic N) is 3. The predicted molar refractivity (Wildman–Crippen MR) is 74.7 cm³/mol. The molecule has 0 spiro atoms. The molecule has 1 amide bonds. The number of hydrogen-bond acceptors (Lipinski definition) is 5. The van der Waals surface area contributed by atoms with E-state index >= 15 is 0 Å². The van der Waals surface area contributed by atoms with Gasteiger partial charge in [-0.3, -0.25) is 4.79 Å². The number of carbonyl (C=O) groups excluding carboxylic acids is 1. The van der Waals surface area contributed by atoms with Gasteiger partial charge in [-0.05, 0) is 19.8 Å². The van der Waals surface area contributed by atoms with Gasteiger partial charge in [0.1, 0.15) is 0 Å². The van der Waals surface area contributed by atoms with Crippen molar-refractivity contribution in [3.05, 3.63) is 12.3 Å².